The number of benzene rings is 1. The Kier molecular flexibility index (Phi) is 3.02. The average molecular weight is 230 g/mol. The molecule has 1 aliphatic rings. The molecule has 0 radical (unpaired) electrons. The molecule has 1 aliphatic carbocycles. The lowest BCUT2D eigenvalue weighted by Crippen LogP contribution is -2.13. The van der Waals surface area contributed by atoms with E-state index in [-0.39, 0.29) is 5.92 Å². The van der Waals surface area contributed by atoms with Crippen LogP contribution in [0.1, 0.15) is 66.5 Å². The Morgan fingerprint density at radius 1 is 1.35 bits per heavy atom. The van der Waals surface area contributed by atoms with Crippen LogP contribution in [0, 0.1) is 17.2 Å². The molecule has 90 valence electrons. The molecule has 0 saturated heterocycles. The molecule has 1 saturated carbocycles. The third-order valence-corrected chi connectivity index (χ3v) is 3.43. The molecule has 17 heavy (non-hydrogen) atoms. The first-order valence-corrected chi connectivity index (χ1v) is 6.40. The highest BCUT2D eigenvalue weighted by Crippen LogP contribution is 2.37. The predicted molar refractivity (Wildman–Crippen MR) is 70.8 cm³/mol. The van der Waals surface area contributed by atoms with E-state index >= 15 is 0 Å². The van der Waals surface area contributed by atoms with E-state index in [4.69, 9.17) is 9.37 Å². The molecular formula is C16H21N. The van der Waals surface area contributed by atoms with Crippen molar-refractivity contribution in [3.05, 3.63) is 35.4 Å². The number of rotatable bonds is 3. The first-order chi connectivity index (χ1) is 9.47. The lowest BCUT2D eigenvalue weighted by atomic mass is 9.77. The topological polar surface area (TPSA) is 23.8 Å². The summed E-state index contributed by atoms with van der Waals surface area (Å²) in [6.45, 7) is 2.11. The van der Waals surface area contributed by atoms with Gasteiger partial charge in [-0.05, 0) is 55.1 Å². The van der Waals surface area contributed by atoms with Crippen LogP contribution in [0.4, 0.5) is 0 Å². The van der Waals surface area contributed by atoms with Crippen molar-refractivity contribution in [3.8, 4) is 6.07 Å². The van der Waals surface area contributed by atoms with Crippen LogP contribution >= 0.6 is 0 Å². The van der Waals surface area contributed by atoms with Gasteiger partial charge in [0.25, 0.3) is 0 Å². The fourth-order valence-electron chi connectivity index (χ4n) is 2.44. The molecule has 0 N–H and O–H groups in total. The summed E-state index contributed by atoms with van der Waals surface area (Å²) >= 11 is 0. The third kappa shape index (κ3) is 3.09. The van der Waals surface area contributed by atoms with E-state index in [0.717, 1.165) is 24.8 Å². The molecule has 0 amide bonds. The van der Waals surface area contributed by atoms with Crippen molar-refractivity contribution in [1.82, 2.24) is 0 Å². The van der Waals surface area contributed by atoms with Crippen molar-refractivity contribution in [1.29, 1.82) is 5.26 Å². The van der Waals surface area contributed by atoms with E-state index in [1.165, 1.54) is 0 Å². The Hall–Kier alpha value is -1.29. The minimum atomic E-state index is -1.33. The van der Waals surface area contributed by atoms with E-state index < -0.39 is 12.8 Å². The van der Waals surface area contributed by atoms with Crippen molar-refractivity contribution < 1.29 is 4.11 Å². The smallest absolute Gasteiger partial charge is 0.0991 e. The summed E-state index contributed by atoms with van der Waals surface area (Å²) in [5.41, 5.74) is 1.43. The molecular weight excluding hydrogens is 206 g/mol. The first-order valence-electron chi connectivity index (χ1n) is 7.98. The normalized spacial score (nSPS) is 34.1. The molecule has 1 aromatic carbocycles. The van der Waals surface area contributed by atoms with Gasteiger partial charge < -0.3 is 0 Å². The maximum Gasteiger partial charge on any atom is 0.0991 e. The minimum absolute atomic E-state index is 0.326. The van der Waals surface area contributed by atoms with Gasteiger partial charge in [0.1, 0.15) is 0 Å². The summed E-state index contributed by atoms with van der Waals surface area (Å²) in [7, 11) is 0. The zero-order valence-electron chi connectivity index (χ0n) is 13.3. The van der Waals surface area contributed by atoms with Gasteiger partial charge in [-0.2, -0.15) is 5.26 Å². The van der Waals surface area contributed by atoms with Crippen molar-refractivity contribution >= 4 is 0 Å². The van der Waals surface area contributed by atoms with Gasteiger partial charge in [-0.15, -0.1) is 0 Å². The van der Waals surface area contributed by atoms with Gasteiger partial charge in [-0.3, -0.25) is 0 Å². The van der Waals surface area contributed by atoms with Crippen LogP contribution in [0.25, 0.3) is 0 Å². The van der Waals surface area contributed by atoms with E-state index in [1.54, 1.807) is 12.1 Å². The van der Waals surface area contributed by atoms with Crippen LogP contribution in [-0.2, 0) is 0 Å². The highest BCUT2D eigenvalue weighted by atomic mass is 14.3. The molecule has 1 nitrogen and oxygen atoms in total. The van der Waals surface area contributed by atoms with Crippen molar-refractivity contribution in [2.24, 2.45) is 5.92 Å². The van der Waals surface area contributed by atoms with Crippen LogP contribution in [0.15, 0.2) is 24.3 Å². The lowest BCUT2D eigenvalue weighted by molar-refractivity contribution is 0.308. The summed E-state index contributed by atoms with van der Waals surface area (Å²) in [6.07, 6.45) is 1.64. The molecule has 1 fully saturated rings. The molecule has 2 rings (SSSR count). The monoisotopic (exact) mass is 230 g/mol. The molecule has 0 aliphatic heterocycles. The number of nitrogens with zero attached hydrogens (tertiary/aromatic N) is 1. The summed E-state index contributed by atoms with van der Waals surface area (Å²) in [6, 6.07) is 9.13. The zero-order chi connectivity index (χ0) is 14.8. The van der Waals surface area contributed by atoms with Crippen molar-refractivity contribution in [2.75, 3.05) is 0 Å². The van der Waals surface area contributed by atoms with Crippen molar-refractivity contribution in [2.45, 2.75) is 51.3 Å². The highest BCUT2D eigenvalue weighted by Gasteiger charge is 2.21. The van der Waals surface area contributed by atoms with Crippen LogP contribution in [0.5, 0.6) is 0 Å². The maximum atomic E-state index is 8.83. The number of hydrogen-bond donors (Lipinski definition) is 0. The molecule has 1 heteroatoms. The Morgan fingerprint density at radius 2 is 2.12 bits per heavy atom. The molecule has 3 atom stereocenters. The Bertz CT molecular complexity index is 489. The third-order valence-electron chi connectivity index (χ3n) is 3.43. The second kappa shape index (κ2) is 5.87. The van der Waals surface area contributed by atoms with Gasteiger partial charge in [0.15, 0.2) is 0 Å². The fourth-order valence-corrected chi connectivity index (χ4v) is 2.44. The second-order valence-electron chi connectivity index (χ2n) is 4.75. The summed E-state index contributed by atoms with van der Waals surface area (Å²) < 4.78 is 25.0. The van der Waals surface area contributed by atoms with E-state index in [9.17, 15) is 0 Å². The van der Waals surface area contributed by atoms with Crippen molar-refractivity contribution in [3.63, 3.8) is 0 Å². The summed E-state index contributed by atoms with van der Waals surface area (Å²) in [5.74, 6) is -0.0597. The fraction of sp³-hybridized carbons (Fsp3) is 0.562. The molecule has 1 aromatic rings. The van der Waals surface area contributed by atoms with Gasteiger partial charge in [-0.25, -0.2) is 0 Å². The first kappa shape index (κ1) is 8.75. The quantitative estimate of drug-likeness (QED) is 0.742. The van der Waals surface area contributed by atoms with Gasteiger partial charge in [-0.1, -0.05) is 31.9 Å². The zero-order valence-corrected chi connectivity index (χ0v) is 10.3. The van der Waals surface area contributed by atoms with Gasteiger partial charge in [0.05, 0.1) is 11.6 Å². The summed E-state index contributed by atoms with van der Waals surface area (Å²) in [4.78, 5) is 0. The average Bonchev–Trinajstić information content (AvgIpc) is 2.38. The Balaban J connectivity index is 2.24. The predicted octanol–water partition coefficient (Wildman–Crippen LogP) is 4.63. The lowest BCUT2D eigenvalue weighted by Gasteiger charge is -2.28. The minimum Gasteiger partial charge on any atom is -0.192 e. The van der Waals surface area contributed by atoms with Crippen LogP contribution in [-0.4, -0.2) is 0 Å². The molecule has 0 aromatic heterocycles. The number of nitriles is 1. The maximum absolute atomic E-state index is 8.83. The molecule has 0 heterocycles. The van der Waals surface area contributed by atoms with E-state index in [1.807, 2.05) is 12.1 Å². The molecule has 0 spiro atoms. The van der Waals surface area contributed by atoms with E-state index in [0.29, 0.717) is 17.9 Å². The molecule has 1 unspecified atom stereocenters. The van der Waals surface area contributed by atoms with Crippen LogP contribution in [0.3, 0.4) is 0 Å². The Morgan fingerprint density at radius 3 is 2.71 bits per heavy atom. The summed E-state index contributed by atoms with van der Waals surface area (Å²) in [5, 5.41) is 8.83. The van der Waals surface area contributed by atoms with Gasteiger partial charge in [0.2, 0.25) is 0 Å². The number of hydrogen-bond acceptors (Lipinski definition) is 1. The van der Waals surface area contributed by atoms with Gasteiger partial charge in [0, 0.05) is 4.11 Å². The van der Waals surface area contributed by atoms with Crippen LogP contribution < -0.4 is 0 Å². The standard InChI is InChI=1S/C16H21N/c1-2-3-13-4-8-15(9-5-13)16-10-6-14(12-17)7-11-16/h6-7,10-11,13,15H,2-5,8-9H2,1H3/t13-,15-/i8D,9D2/t8?,13-,15-/m0/s1. The SMILES string of the molecule is [2H]C1C[C@H](CCC)CC([2H])([2H])[C@H]1c1ccc(C#N)cc1. The molecule has 0 bridgehead atoms. The van der Waals surface area contributed by atoms with E-state index in [2.05, 4.69) is 13.0 Å². The largest absolute Gasteiger partial charge is 0.192 e. The van der Waals surface area contributed by atoms with Gasteiger partial charge >= 0.3 is 0 Å². The Labute approximate surface area is 109 Å². The highest BCUT2D eigenvalue weighted by molar-refractivity contribution is 5.33. The second-order valence-corrected chi connectivity index (χ2v) is 4.75. The van der Waals surface area contributed by atoms with Crippen LogP contribution in [0.2, 0.25) is 0 Å².